The number of hydrogen-bond donors (Lipinski definition) is 1. The molecule has 0 aliphatic rings. The van der Waals surface area contributed by atoms with Gasteiger partial charge in [0.15, 0.2) is 0 Å². The van der Waals surface area contributed by atoms with Crippen LogP contribution in [0.15, 0.2) is 47.4 Å². The first-order valence-corrected chi connectivity index (χ1v) is 8.42. The average molecular weight is 324 g/mol. The Hall–Kier alpha value is -1.03. The van der Waals surface area contributed by atoms with Gasteiger partial charge in [0.1, 0.15) is 5.82 Å². The lowest BCUT2D eigenvalue weighted by atomic mass is 10.2. The number of halogens is 2. The van der Waals surface area contributed by atoms with E-state index >= 15 is 0 Å². The van der Waals surface area contributed by atoms with Crippen LogP contribution in [0.1, 0.15) is 24.5 Å². The van der Waals surface area contributed by atoms with Gasteiger partial charge >= 0.3 is 0 Å². The molecule has 1 N–H and O–H groups in total. The molecule has 2 aromatic carbocycles. The van der Waals surface area contributed by atoms with Crippen molar-refractivity contribution in [1.82, 2.24) is 5.32 Å². The van der Waals surface area contributed by atoms with Gasteiger partial charge in [0.2, 0.25) is 0 Å². The normalized spacial score (nSPS) is 10.8. The maximum atomic E-state index is 13.4. The minimum absolute atomic E-state index is 0.181. The molecule has 1 nitrogen and oxygen atoms in total. The molecule has 112 valence electrons. The summed E-state index contributed by atoms with van der Waals surface area (Å²) in [6.07, 6.45) is 1.07. The summed E-state index contributed by atoms with van der Waals surface area (Å²) in [6.45, 7) is 3.77. The van der Waals surface area contributed by atoms with Crippen LogP contribution >= 0.6 is 23.4 Å². The Balaban J connectivity index is 2.02. The van der Waals surface area contributed by atoms with Gasteiger partial charge in [0, 0.05) is 22.2 Å². The maximum absolute atomic E-state index is 13.4. The van der Waals surface area contributed by atoms with Crippen LogP contribution in [-0.2, 0) is 12.3 Å². The van der Waals surface area contributed by atoms with Crippen molar-refractivity contribution in [3.05, 3.63) is 64.4 Å². The Kier molecular flexibility index (Phi) is 6.55. The SMILES string of the molecule is CCCNCc1cc(F)ccc1SCc1ccc(Cl)cc1. The van der Waals surface area contributed by atoms with Gasteiger partial charge in [-0.25, -0.2) is 4.39 Å². The number of hydrogen-bond acceptors (Lipinski definition) is 2. The zero-order chi connectivity index (χ0) is 15.1. The topological polar surface area (TPSA) is 12.0 Å². The Labute approximate surface area is 134 Å². The molecule has 2 aromatic rings. The molecule has 0 aliphatic heterocycles. The highest BCUT2D eigenvalue weighted by Crippen LogP contribution is 2.27. The molecule has 0 saturated carbocycles. The fourth-order valence-electron chi connectivity index (χ4n) is 1.97. The lowest BCUT2D eigenvalue weighted by Gasteiger charge is -2.10. The second-order valence-electron chi connectivity index (χ2n) is 4.84. The van der Waals surface area contributed by atoms with Crippen molar-refractivity contribution in [2.75, 3.05) is 6.54 Å². The number of thioether (sulfide) groups is 1. The van der Waals surface area contributed by atoms with Crippen LogP contribution in [0.25, 0.3) is 0 Å². The standard InChI is InChI=1S/C17H19ClFNS/c1-2-9-20-11-14-10-16(19)7-8-17(14)21-12-13-3-5-15(18)6-4-13/h3-8,10,20H,2,9,11-12H2,1H3. The Morgan fingerprint density at radius 3 is 2.62 bits per heavy atom. The first kappa shape index (κ1) is 16.3. The molecular formula is C17H19ClFNS. The largest absolute Gasteiger partial charge is 0.313 e. The molecule has 2 rings (SSSR count). The van der Waals surface area contributed by atoms with Gasteiger partial charge in [-0.2, -0.15) is 0 Å². The van der Waals surface area contributed by atoms with Crippen molar-refractivity contribution in [2.24, 2.45) is 0 Å². The predicted octanol–water partition coefficient (Wildman–Crippen LogP) is 5.27. The summed E-state index contributed by atoms with van der Waals surface area (Å²) in [7, 11) is 0. The van der Waals surface area contributed by atoms with Crippen LogP contribution in [0.5, 0.6) is 0 Å². The van der Waals surface area contributed by atoms with E-state index in [-0.39, 0.29) is 5.82 Å². The molecule has 0 unspecified atom stereocenters. The first-order valence-electron chi connectivity index (χ1n) is 7.05. The lowest BCUT2D eigenvalue weighted by Crippen LogP contribution is -2.14. The van der Waals surface area contributed by atoms with E-state index in [9.17, 15) is 4.39 Å². The zero-order valence-electron chi connectivity index (χ0n) is 12.0. The molecule has 0 heterocycles. The highest BCUT2D eigenvalue weighted by atomic mass is 35.5. The minimum atomic E-state index is -0.181. The first-order chi connectivity index (χ1) is 10.2. The van der Waals surface area contributed by atoms with Crippen LogP contribution in [-0.4, -0.2) is 6.54 Å². The minimum Gasteiger partial charge on any atom is -0.313 e. The summed E-state index contributed by atoms with van der Waals surface area (Å²) in [5.74, 6) is 0.669. The highest BCUT2D eigenvalue weighted by Gasteiger charge is 2.05. The van der Waals surface area contributed by atoms with Gasteiger partial charge in [-0.05, 0) is 54.4 Å². The molecule has 0 spiro atoms. The van der Waals surface area contributed by atoms with E-state index < -0.39 is 0 Å². The van der Waals surface area contributed by atoms with E-state index in [0.29, 0.717) is 6.54 Å². The van der Waals surface area contributed by atoms with E-state index in [1.165, 1.54) is 11.6 Å². The van der Waals surface area contributed by atoms with E-state index in [4.69, 9.17) is 11.6 Å². The lowest BCUT2D eigenvalue weighted by molar-refractivity contribution is 0.615. The smallest absolute Gasteiger partial charge is 0.123 e. The van der Waals surface area contributed by atoms with Crippen molar-refractivity contribution in [3.63, 3.8) is 0 Å². The Morgan fingerprint density at radius 2 is 1.90 bits per heavy atom. The Bertz CT molecular complexity index is 572. The van der Waals surface area contributed by atoms with E-state index in [1.54, 1.807) is 17.8 Å². The number of rotatable bonds is 7. The van der Waals surface area contributed by atoms with E-state index in [0.717, 1.165) is 34.2 Å². The van der Waals surface area contributed by atoms with Crippen LogP contribution in [0.2, 0.25) is 5.02 Å². The van der Waals surface area contributed by atoms with Crippen LogP contribution in [0.3, 0.4) is 0 Å². The molecule has 0 amide bonds. The highest BCUT2D eigenvalue weighted by molar-refractivity contribution is 7.98. The second-order valence-corrected chi connectivity index (χ2v) is 6.30. The monoisotopic (exact) mass is 323 g/mol. The van der Waals surface area contributed by atoms with Crippen LogP contribution in [0, 0.1) is 5.82 Å². The summed E-state index contributed by atoms with van der Waals surface area (Å²) < 4.78 is 13.4. The summed E-state index contributed by atoms with van der Waals surface area (Å²) >= 11 is 7.61. The van der Waals surface area contributed by atoms with Crippen molar-refractivity contribution >= 4 is 23.4 Å². The summed E-state index contributed by atoms with van der Waals surface area (Å²) in [5, 5.41) is 4.07. The van der Waals surface area contributed by atoms with Crippen molar-refractivity contribution in [3.8, 4) is 0 Å². The van der Waals surface area contributed by atoms with Crippen molar-refractivity contribution in [1.29, 1.82) is 0 Å². The van der Waals surface area contributed by atoms with Gasteiger partial charge in [-0.15, -0.1) is 11.8 Å². The third-order valence-corrected chi connectivity index (χ3v) is 4.51. The van der Waals surface area contributed by atoms with Gasteiger partial charge in [-0.1, -0.05) is 30.7 Å². The third-order valence-electron chi connectivity index (χ3n) is 3.07. The second kappa shape index (κ2) is 8.42. The molecular weight excluding hydrogens is 305 g/mol. The molecule has 0 aliphatic carbocycles. The predicted molar refractivity (Wildman–Crippen MR) is 89.4 cm³/mol. The Morgan fingerprint density at radius 1 is 1.14 bits per heavy atom. The molecule has 4 heteroatoms. The quantitative estimate of drug-likeness (QED) is 0.550. The number of benzene rings is 2. The molecule has 21 heavy (non-hydrogen) atoms. The van der Waals surface area contributed by atoms with Crippen LogP contribution in [0.4, 0.5) is 4.39 Å². The van der Waals surface area contributed by atoms with Gasteiger partial charge in [0.25, 0.3) is 0 Å². The zero-order valence-corrected chi connectivity index (χ0v) is 13.6. The molecule has 0 bridgehead atoms. The summed E-state index contributed by atoms with van der Waals surface area (Å²) in [5.41, 5.74) is 2.23. The van der Waals surface area contributed by atoms with Gasteiger partial charge in [-0.3, -0.25) is 0 Å². The van der Waals surface area contributed by atoms with Crippen molar-refractivity contribution < 1.29 is 4.39 Å². The van der Waals surface area contributed by atoms with Gasteiger partial charge in [0.05, 0.1) is 0 Å². The molecule has 0 radical (unpaired) electrons. The van der Waals surface area contributed by atoms with Crippen molar-refractivity contribution in [2.45, 2.75) is 30.5 Å². The van der Waals surface area contributed by atoms with Crippen LogP contribution < -0.4 is 5.32 Å². The summed E-state index contributed by atoms with van der Waals surface area (Å²) in [4.78, 5) is 1.12. The molecule has 0 atom stereocenters. The maximum Gasteiger partial charge on any atom is 0.123 e. The van der Waals surface area contributed by atoms with Gasteiger partial charge < -0.3 is 5.32 Å². The molecule has 0 aromatic heterocycles. The van der Waals surface area contributed by atoms with E-state index in [2.05, 4.69) is 12.2 Å². The summed E-state index contributed by atoms with van der Waals surface area (Å²) in [6, 6.07) is 12.8. The fraction of sp³-hybridized carbons (Fsp3) is 0.294. The fourth-order valence-corrected chi connectivity index (χ4v) is 3.09. The number of nitrogens with one attached hydrogen (secondary N) is 1. The average Bonchev–Trinajstić information content (AvgIpc) is 2.48. The van der Waals surface area contributed by atoms with E-state index in [1.807, 2.05) is 30.3 Å². The molecule has 0 saturated heterocycles. The third kappa shape index (κ3) is 5.34. The molecule has 0 fully saturated rings.